The molecule has 3 heteroatoms. The van der Waals surface area contributed by atoms with Gasteiger partial charge in [-0.2, -0.15) is 0 Å². The molecule has 2 atom stereocenters. The molecule has 0 aromatic rings. The van der Waals surface area contributed by atoms with Crippen LogP contribution in [0.2, 0.25) is 0 Å². The minimum atomic E-state index is -0.473. The predicted octanol–water partition coefficient (Wildman–Crippen LogP) is 4.53. The Balaban J connectivity index is 1.78. The first kappa shape index (κ1) is 17.5. The van der Waals surface area contributed by atoms with Crippen LogP contribution in [0.5, 0.6) is 0 Å². The van der Waals surface area contributed by atoms with Gasteiger partial charge in [0.05, 0.1) is 6.61 Å². The molecule has 0 bridgehead atoms. The summed E-state index contributed by atoms with van der Waals surface area (Å²) in [6.07, 6.45) is 11.1. The molecule has 2 unspecified atom stereocenters. The second kappa shape index (κ2) is 8.69. The van der Waals surface area contributed by atoms with Crippen LogP contribution in [0, 0.1) is 23.7 Å². The molecular weight excluding hydrogens is 276 g/mol. The van der Waals surface area contributed by atoms with E-state index in [9.17, 15) is 9.59 Å². The molecule has 2 saturated carbocycles. The summed E-state index contributed by atoms with van der Waals surface area (Å²) in [7, 11) is 0. The standard InChI is InChI=1S/C19H32O3/c1-3-5-14-6-8-15(9-7-14)16-10-11-17(18(20)13-16)19(21)22-12-4-2/h14-17H,3-13H2,1-2H3. The van der Waals surface area contributed by atoms with E-state index in [1.807, 2.05) is 6.92 Å². The molecule has 0 heterocycles. The topological polar surface area (TPSA) is 43.4 Å². The van der Waals surface area contributed by atoms with Crippen LogP contribution in [-0.4, -0.2) is 18.4 Å². The van der Waals surface area contributed by atoms with Gasteiger partial charge in [0, 0.05) is 6.42 Å². The van der Waals surface area contributed by atoms with Crippen molar-refractivity contribution in [1.82, 2.24) is 0 Å². The number of rotatable bonds is 6. The van der Waals surface area contributed by atoms with Crippen LogP contribution in [0.3, 0.4) is 0 Å². The first-order valence-electron chi connectivity index (χ1n) is 9.35. The van der Waals surface area contributed by atoms with Crippen LogP contribution in [0.15, 0.2) is 0 Å². The van der Waals surface area contributed by atoms with Gasteiger partial charge in [0.15, 0.2) is 0 Å². The fourth-order valence-electron chi connectivity index (χ4n) is 4.36. The van der Waals surface area contributed by atoms with Gasteiger partial charge in [0.1, 0.15) is 11.7 Å². The molecule has 0 N–H and O–H groups in total. The summed E-state index contributed by atoms with van der Waals surface area (Å²) in [5.74, 6) is 1.52. The van der Waals surface area contributed by atoms with E-state index < -0.39 is 5.92 Å². The maximum Gasteiger partial charge on any atom is 0.316 e. The third-order valence-corrected chi connectivity index (χ3v) is 5.67. The van der Waals surface area contributed by atoms with Crippen molar-refractivity contribution in [2.75, 3.05) is 6.61 Å². The lowest BCUT2D eigenvalue weighted by Gasteiger charge is -2.36. The number of ether oxygens (including phenoxy) is 1. The number of Topliss-reactive ketones (excluding diaryl/α,β-unsaturated/α-hetero) is 1. The molecule has 0 saturated heterocycles. The van der Waals surface area contributed by atoms with Crippen molar-refractivity contribution in [1.29, 1.82) is 0 Å². The molecule has 2 fully saturated rings. The molecule has 0 amide bonds. The van der Waals surface area contributed by atoms with E-state index in [-0.39, 0.29) is 11.8 Å². The maximum absolute atomic E-state index is 12.3. The summed E-state index contributed by atoms with van der Waals surface area (Å²) in [5.41, 5.74) is 0. The second-order valence-electron chi connectivity index (χ2n) is 7.30. The number of hydrogen-bond donors (Lipinski definition) is 0. The highest BCUT2D eigenvalue weighted by Crippen LogP contribution is 2.41. The summed E-state index contributed by atoms with van der Waals surface area (Å²) in [6, 6.07) is 0. The van der Waals surface area contributed by atoms with E-state index in [1.165, 1.54) is 38.5 Å². The first-order chi connectivity index (χ1) is 10.7. The lowest BCUT2D eigenvalue weighted by molar-refractivity contribution is -0.154. The molecule has 0 spiro atoms. The lowest BCUT2D eigenvalue weighted by atomic mass is 9.68. The van der Waals surface area contributed by atoms with Crippen molar-refractivity contribution in [2.45, 2.75) is 78.1 Å². The largest absolute Gasteiger partial charge is 0.465 e. The Morgan fingerprint density at radius 3 is 2.27 bits per heavy atom. The van der Waals surface area contributed by atoms with Crippen molar-refractivity contribution in [3.05, 3.63) is 0 Å². The number of carbonyl (C=O) groups excluding carboxylic acids is 2. The highest BCUT2D eigenvalue weighted by atomic mass is 16.5. The fourth-order valence-corrected chi connectivity index (χ4v) is 4.36. The Kier molecular flexibility index (Phi) is 6.91. The van der Waals surface area contributed by atoms with Crippen LogP contribution < -0.4 is 0 Å². The Hall–Kier alpha value is -0.860. The number of ketones is 1. The summed E-state index contributed by atoms with van der Waals surface area (Å²) < 4.78 is 5.16. The molecule has 2 rings (SSSR count). The molecule has 0 radical (unpaired) electrons. The molecule has 2 aliphatic carbocycles. The van der Waals surface area contributed by atoms with Crippen molar-refractivity contribution < 1.29 is 14.3 Å². The van der Waals surface area contributed by atoms with Crippen LogP contribution >= 0.6 is 0 Å². The van der Waals surface area contributed by atoms with Crippen molar-refractivity contribution >= 4 is 11.8 Å². The van der Waals surface area contributed by atoms with E-state index in [0.29, 0.717) is 31.3 Å². The quantitative estimate of drug-likeness (QED) is 0.535. The summed E-state index contributed by atoms with van der Waals surface area (Å²) in [4.78, 5) is 24.2. The second-order valence-corrected chi connectivity index (χ2v) is 7.30. The highest BCUT2D eigenvalue weighted by molar-refractivity contribution is 5.99. The van der Waals surface area contributed by atoms with Gasteiger partial charge in [-0.15, -0.1) is 0 Å². The van der Waals surface area contributed by atoms with Crippen molar-refractivity contribution in [3.8, 4) is 0 Å². The average molecular weight is 308 g/mol. The van der Waals surface area contributed by atoms with Gasteiger partial charge in [-0.25, -0.2) is 0 Å². The first-order valence-corrected chi connectivity index (χ1v) is 9.35. The van der Waals surface area contributed by atoms with Crippen LogP contribution in [0.1, 0.15) is 78.1 Å². The minimum Gasteiger partial charge on any atom is -0.465 e. The van der Waals surface area contributed by atoms with Crippen LogP contribution in [0.4, 0.5) is 0 Å². The number of hydrogen-bond acceptors (Lipinski definition) is 3. The summed E-state index contributed by atoms with van der Waals surface area (Å²) >= 11 is 0. The van der Waals surface area contributed by atoms with E-state index in [0.717, 1.165) is 18.8 Å². The van der Waals surface area contributed by atoms with Crippen LogP contribution in [0.25, 0.3) is 0 Å². The Labute approximate surface area is 135 Å². The molecule has 0 aromatic carbocycles. The number of carbonyl (C=O) groups is 2. The molecule has 2 aliphatic rings. The zero-order chi connectivity index (χ0) is 15.9. The lowest BCUT2D eigenvalue weighted by Crippen LogP contribution is -2.35. The van der Waals surface area contributed by atoms with Crippen molar-refractivity contribution in [3.63, 3.8) is 0 Å². The van der Waals surface area contributed by atoms with Crippen LogP contribution in [-0.2, 0) is 14.3 Å². The molecule has 3 nitrogen and oxygen atoms in total. The third kappa shape index (κ3) is 4.57. The fraction of sp³-hybridized carbons (Fsp3) is 0.895. The predicted molar refractivity (Wildman–Crippen MR) is 87.4 cm³/mol. The van der Waals surface area contributed by atoms with E-state index in [1.54, 1.807) is 0 Å². The van der Waals surface area contributed by atoms with E-state index in [2.05, 4.69) is 6.92 Å². The van der Waals surface area contributed by atoms with Gasteiger partial charge >= 0.3 is 5.97 Å². The molecule has 0 aromatic heterocycles. The Morgan fingerprint density at radius 2 is 1.68 bits per heavy atom. The SMILES string of the molecule is CCCOC(=O)C1CCC(C2CCC(CCC)CC2)CC1=O. The third-order valence-electron chi connectivity index (χ3n) is 5.67. The summed E-state index contributed by atoms with van der Waals surface area (Å²) in [6.45, 7) is 4.68. The van der Waals surface area contributed by atoms with E-state index in [4.69, 9.17) is 4.74 Å². The highest BCUT2D eigenvalue weighted by Gasteiger charge is 2.38. The molecule has 0 aliphatic heterocycles. The van der Waals surface area contributed by atoms with E-state index >= 15 is 0 Å². The van der Waals surface area contributed by atoms with Gasteiger partial charge in [-0.3, -0.25) is 9.59 Å². The minimum absolute atomic E-state index is 0.132. The van der Waals surface area contributed by atoms with Crippen molar-refractivity contribution in [2.24, 2.45) is 23.7 Å². The molecule has 126 valence electrons. The van der Waals surface area contributed by atoms with Gasteiger partial charge in [0.25, 0.3) is 0 Å². The monoisotopic (exact) mass is 308 g/mol. The zero-order valence-electron chi connectivity index (χ0n) is 14.3. The Morgan fingerprint density at radius 1 is 1.00 bits per heavy atom. The smallest absolute Gasteiger partial charge is 0.316 e. The van der Waals surface area contributed by atoms with Gasteiger partial charge in [-0.1, -0.05) is 39.5 Å². The average Bonchev–Trinajstić information content (AvgIpc) is 2.53. The van der Waals surface area contributed by atoms with Gasteiger partial charge in [0.2, 0.25) is 0 Å². The maximum atomic E-state index is 12.3. The van der Waals surface area contributed by atoms with Gasteiger partial charge < -0.3 is 4.74 Å². The number of esters is 1. The summed E-state index contributed by atoms with van der Waals surface area (Å²) in [5, 5.41) is 0. The normalized spacial score (nSPS) is 32.7. The molecule has 22 heavy (non-hydrogen) atoms. The zero-order valence-corrected chi connectivity index (χ0v) is 14.3. The Bertz CT molecular complexity index is 369. The van der Waals surface area contributed by atoms with Gasteiger partial charge in [-0.05, 0) is 49.9 Å². The molecular formula is C19H32O3.